The number of benzene rings is 2. The molecule has 5 nitrogen and oxygen atoms in total. The number of amides is 2. The molecule has 2 aromatic carbocycles. The molecule has 25 heavy (non-hydrogen) atoms. The average molecular weight is 344 g/mol. The Hall–Kier alpha value is -2.73. The molecule has 0 fully saturated rings. The zero-order valence-corrected chi connectivity index (χ0v) is 14.7. The fourth-order valence-corrected chi connectivity index (χ4v) is 2.37. The summed E-state index contributed by atoms with van der Waals surface area (Å²) in [5.74, 6) is -0.748. The van der Waals surface area contributed by atoms with Gasteiger partial charge >= 0.3 is 0 Å². The number of nitrogens with one attached hydrogen (secondary N) is 3. The molecule has 132 valence electrons. The van der Waals surface area contributed by atoms with Crippen LogP contribution in [0.4, 0.5) is 15.8 Å². The molecule has 0 spiro atoms. The standard InChI is InChI=1S/C19H22FN3O2/c1-13-4-7-17(10-14(13)2)22-19(25)12-23(3)11-18(24)21-16-8-5-15(20)6-9-16/h4-10H,11-12H2,1-3H3,(H,21,24)(H,22,25)/p+1. The molecule has 0 aromatic heterocycles. The van der Waals surface area contributed by atoms with E-state index in [9.17, 15) is 14.0 Å². The number of rotatable bonds is 6. The minimum atomic E-state index is -0.358. The Morgan fingerprint density at radius 2 is 1.40 bits per heavy atom. The van der Waals surface area contributed by atoms with Crippen molar-refractivity contribution in [3.63, 3.8) is 0 Å². The monoisotopic (exact) mass is 344 g/mol. The molecule has 0 saturated heterocycles. The Balaban J connectivity index is 1.81. The van der Waals surface area contributed by atoms with Crippen LogP contribution < -0.4 is 15.5 Å². The Bertz CT molecular complexity index is 760. The molecule has 2 rings (SSSR count). The summed E-state index contributed by atoms with van der Waals surface area (Å²) in [7, 11) is 1.77. The molecule has 2 amide bonds. The predicted molar refractivity (Wildman–Crippen MR) is 96.2 cm³/mol. The molecule has 0 radical (unpaired) electrons. The zero-order valence-electron chi connectivity index (χ0n) is 14.7. The van der Waals surface area contributed by atoms with Gasteiger partial charge in [-0.15, -0.1) is 0 Å². The Morgan fingerprint density at radius 3 is 1.96 bits per heavy atom. The van der Waals surface area contributed by atoms with Gasteiger partial charge in [-0.2, -0.15) is 0 Å². The summed E-state index contributed by atoms with van der Waals surface area (Å²) in [6.45, 7) is 4.31. The summed E-state index contributed by atoms with van der Waals surface area (Å²) in [5, 5.41) is 5.52. The highest BCUT2D eigenvalue weighted by atomic mass is 19.1. The number of hydrogen-bond donors (Lipinski definition) is 3. The van der Waals surface area contributed by atoms with Crippen LogP contribution in [-0.2, 0) is 9.59 Å². The van der Waals surface area contributed by atoms with Crippen molar-refractivity contribution in [3.05, 3.63) is 59.4 Å². The van der Waals surface area contributed by atoms with Crippen molar-refractivity contribution >= 4 is 23.2 Å². The number of anilines is 2. The Kier molecular flexibility index (Phi) is 6.25. The van der Waals surface area contributed by atoms with Crippen molar-refractivity contribution in [2.24, 2.45) is 0 Å². The molecule has 6 heteroatoms. The van der Waals surface area contributed by atoms with Crippen molar-refractivity contribution in [2.75, 3.05) is 30.8 Å². The van der Waals surface area contributed by atoms with E-state index in [0.717, 1.165) is 16.2 Å². The summed E-state index contributed by atoms with van der Waals surface area (Å²) in [6.07, 6.45) is 0. The van der Waals surface area contributed by atoms with E-state index in [4.69, 9.17) is 0 Å². The molecule has 0 heterocycles. The molecule has 2 aromatic rings. The SMILES string of the molecule is Cc1ccc(NC(=O)C[NH+](C)CC(=O)Nc2ccc(F)cc2)cc1C. The van der Waals surface area contributed by atoms with Crippen LogP contribution >= 0.6 is 0 Å². The molecular formula is C19H23FN3O2+. The van der Waals surface area contributed by atoms with E-state index in [1.807, 2.05) is 32.0 Å². The fraction of sp³-hybridized carbons (Fsp3) is 0.263. The summed E-state index contributed by atoms with van der Waals surface area (Å²) in [4.78, 5) is 24.8. The van der Waals surface area contributed by atoms with Gasteiger partial charge in [-0.05, 0) is 61.4 Å². The van der Waals surface area contributed by atoms with Crippen molar-refractivity contribution in [1.82, 2.24) is 0 Å². The Labute approximate surface area is 146 Å². The number of carbonyl (C=O) groups is 2. The zero-order chi connectivity index (χ0) is 18.4. The van der Waals surface area contributed by atoms with E-state index in [0.29, 0.717) is 5.69 Å². The molecule has 0 bridgehead atoms. The smallest absolute Gasteiger partial charge is 0.279 e. The van der Waals surface area contributed by atoms with E-state index in [1.54, 1.807) is 7.05 Å². The van der Waals surface area contributed by atoms with E-state index < -0.39 is 0 Å². The topological polar surface area (TPSA) is 62.6 Å². The lowest BCUT2D eigenvalue weighted by Crippen LogP contribution is -3.11. The van der Waals surface area contributed by atoms with Crippen LogP contribution in [0.1, 0.15) is 11.1 Å². The number of carbonyl (C=O) groups excluding carboxylic acids is 2. The van der Waals surface area contributed by atoms with Crippen molar-refractivity contribution < 1.29 is 18.9 Å². The van der Waals surface area contributed by atoms with Gasteiger partial charge in [0.2, 0.25) is 0 Å². The first kappa shape index (κ1) is 18.6. The summed E-state index contributed by atoms with van der Waals surface area (Å²) in [5.41, 5.74) is 3.55. The second kappa shape index (κ2) is 8.39. The van der Waals surface area contributed by atoms with Gasteiger partial charge in [0.15, 0.2) is 13.1 Å². The highest BCUT2D eigenvalue weighted by molar-refractivity contribution is 5.93. The summed E-state index contributed by atoms with van der Waals surface area (Å²) in [6, 6.07) is 11.3. The van der Waals surface area contributed by atoms with Crippen LogP contribution in [0.5, 0.6) is 0 Å². The second-order valence-corrected chi connectivity index (χ2v) is 6.21. The van der Waals surface area contributed by atoms with Crippen molar-refractivity contribution in [3.8, 4) is 0 Å². The minimum Gasteiger partial charge on any atom is -0.322 e. The largest absolute Gasteiger partial charge is 0.322 e. The van der Waals surface area contributed by atoms with E-state index >= 15 is 0 Å². The lowest BCUT2D eigenvalue weighted by Gasteiger charge is -2.14. The maximum Gasteiger partial charge on any atom is 0.279 e. The van der Waals surface area contributed by atoms with Crippen LogP contribution in [0.3, 0.4) is 0 Å². The van der Waals surface area contributed by atoms with Crippen LogP contribution in [0.15, 0.2) is 42.5 Å². The maximum absolute atomic E-state index is 12.8. The van der Waals surface area contributed by atoms with Gasteiger partial charge in [-0.1, -0.05) is 6.07 Å². The molecule has 1 unspecified atom stereocenters. The van der Waals surface area contributed by atoms with Gasteiger partial charge in [-0.3, -0.25) is 9.59 Å². The molecule has 1 atom stereocenters. The van der Waals surface area contributed by atoms with Gasteiger partial charge in [0.1, 0.15) is 5.82 Å². The molecule has 3 N–H and O–H groups in total. The third kappa shape index (κ3) is 6.00. The maximum atomic E-state index is 12.8. The molecule has 0 aliphatic carbocycles. The van der Waals surface area contributed by atoms with Gasteiger partial charge in [-0.25, -0.2) is 4.39 Å². The third-order valence-corrected chi connectivity index (χ3v) is 3.84. The first-order chi connectivity index (χ1) is 11.8. The first-order valence-electron chi connectivity index (χ1n) is 8.07. The highest BCUT2D eigenvalue weighted by Gasteiger charge is 2.14. The second-order valence-electron chi connectivity index (χ2n) is 6.21. The summed E-state index contributed by atoms with van der Waals surface area (Å²) < 4.78 is 12.8. The highest BCUT2D eigenvalue weighted by Crippen LogP contribution is 2.13. The van der Waals surface area contributed by atoms with Crippen LogP contribution in [0.2, 0.25) is 0 Å². The van der Waals surface area contributed by atoms with Crippen LogP contribution in [-0.4, -0.2) is 32.0 Å². The third-order valence-electron chi connectivity index (χ3n) is 3.84. The van der Waals surface area contributed by atoms with Gasteiger partial charge < -0.3 is 15.5 Å². The lowest BCUT2D eigenvalue weighted by molar-refractivity contribution is -0.862. The molecular weight excluding hydrogens is 321 g/mol. The lowest BCUT2D eigenvalue weighted by atomic mass is 10.1. The van der Waals surface area contributed by atoms with Crippen LogP contribution in [0, 0.1) is 19.7 Å². The quantitative estimate of drug-likeness (QED) is 0.744. The normalized spacial score (nSPS) is 11.7. The van der Waals surface area contributed by atoms with E-state index in [1.165, 1.54) is 29.8 Å². The first-order valence-corrected chi connectivity index (χ1v) is 8.07. The van der Waals surface area contributed by atoms with Crippen LogP contribution in [0.25, 0.3) is 0 Å². The molecule has 0 aliphatic rings. The molecule has 0 aliphatic heterocycles. The van der Waals surface area contributed by atoms with Gasteiger partial charge in [0, 0.05) is 11.4 Å². The predicted octanol–water partition coefficient (Wildman–Crippen LogP) is 1.53. The van der Waals surface area contributed by atoms with Crippen molar-refractivity contribution in [2.45, 2.75) is 13.8 Å². The summed E-state index contributed by atoms with van der Waals surface area (Å²) >= 11 is 0. The number of halogens is 1. The minimum absolute atomic E-state index is 0.137. The van der Waals surface area contributed by atoms with E-state index in [-0.39, 0.29) is 30.7 Å². The average Bonchev–Trinajstić information content (AvgIpc) is 2.52. The number of likely N-dealkylation sites (N-methyl/N-ethyl adjacent to an activating group) is 1. The number of quaternary nitrogens is 1. The number of aryl methyl sites for hydroxylation is 2. The van der Waals surface area contributed by atoms with Crippen molar-refractivity contribution in [1.29, 1.82) is 0 Å². The van der Waals surface area contributed by atoms with Gasteiger partial charge in [0.05, 0.1) is 7.05 Å². The van der Waals surface area contributed by atoms with Gasteiger partial charge in [0.25, 0.3) is 11.8 Å². The van der Waals surface area contributed by atoms with E-state index in [2.05, 4.69) is 10.6 Å². The molecule has 0 saturated carbocycles. The Morgan fingerprint density at radius 1 is 0.880 bits per heavy atom. The number of hydrogen-bond acceptors (Lipinski definition) is 2. The fourth-order valence-electron chi connectivity index (χ4n) is 2.37.